The van der Waals surface area contributed by atoms with E-state index in [9.17, 15) is 4.79 Å². The maximum absolute atomic E-state index is 12.1. The molecule has 0 aliphatic rings. The van der Waals surface area contributed by atoms with E-state index in [0.29, 0.717) is 11.3 Å². The highest BCUT2D eigenvalue weighted by molar-refractivity contribution is 5.97. The molecule has 0 fully saturated rings. The van der Waals surface area contributed by atoms with Crippen molar-refractivity contribution in [3.63, 3.8) is 0 Å². The van der Waals surface area contributed by atoms with Gasteiger partial charge < -0.3 is 4.74 Å². The Morgan fingerprint density at radius 1 is 1.10 bits per heavy atom. The number of carbonyl (C=O) groups excluding carboxylic acids is 1. The van der Waals surface area contributed by atoms with Gasteiger partial charge in [-0.2, -0.15) is 5.10 Å². The molecular weight excluding hydrogens is 264 g/mol. The molecule has 0 aliphatic heterocycles. The number of hydrazone groups is 1. The van der Waals surface area contributed by atoms with Crippen molar-refractivity contribution in [2.24, 2.45) is 5.10 Å². The smallest absolute Gasteiger partial charge is 0.275 e. The molecule has 108 valence electrons. The average Bonchev–Trinajstić information content (AvgIpc) is 2.49. The number of amides is 1. The van der Waals surface area contributed by atoms with Crippen molar-refractivity contribution in [3.8, 4) is 5.75 Å². The maximum Gasteiger partial charge on any atom is 0.275 e. The van der Waals surface area contributed by atoms with Gasteiger partial charge in [0.05, 0.1) is 18.9 Å². The summed E-state index contributed by atoms with van der Waals surface area (Å²) in [6.45, 7) is 3.96. The van der Waals surface area contributed by atoms with Crippen LogP contribution < -0.4 is 10.2 Å². The number of carbonyl (C=O) groups is 1. The molecule has 4 nitrogen and oxygen atoms in total. The standard InChI is InChI=1S/C17H18N2O2/c1-12-4-7-14(8-5-12)11-18-19-17(20)15-9-6-13(2)10-16(15)21-3/h4-11H,1-3H3,(H,19,20)/b18-11-. The van der Waals surface area contributed by atoms with Gasteiger partial charge in [0.1, 0.15) is 5.75 Å². The van der Waals surface area contributed by atoms with Gasteiger partial charge in [-0.25, -0.2) is 5.43 Å². The van der Waals surface area contributed by atoms with Crippen LogP contribution in [0.3, 0.4) is 0 Å². The van der Waals surface area contributed by atoms with Gasteiger partial charge in [0, 0.05) is 0 Å². The predicted molar refractivity (Wildman–Crippen MR) is 84.0 cm³/mol. The Morgan fingerprint density at radius 2 is 1.76 bits per heavy atom. The fourth-order valence-electron chi connectivity index (χ4n) is 1.86. The molecule has 1 N–H and O–H groups in total. The molecule has 0 aromatic heterocycles. The predicted octanol–water partition coefficient (Wildman–Crippen LogP) is 3.08. The molecule has 0 heterocycles. The Balaban J connectivity index is 2.06. The molecule has 21 heavy (non-hydrogen) atoms. The fourth-order valence-corrected chi connectivity index (χ4v) is 1.86. The third-order valence-corrected chi connectivity index (χ3v) is 3.06. The Labute approximate surface area is 124 Å². The molecule has 0 saturated heterocycles. The van der Waals surface area contributed by atoms with Crippen LogP contribution in [-0.2, 0) is 0 Å². The molecule has 1 amide bonds. The van der Waals surface area contributed by atoms with Crippen LogP contribution in [0, 0.1) is 13.8 Å². The largest absolute Gasteiger partial charge is 0.496 e. The molecule has 0 saturated carbocycles. The van der Waals surface area contributed by atoms with Crippen LogP contribution in [0.15, 0.2) is 47.6 Å². The molecule has 0 unspecified atom stereocenters. The summed E-state index contributed by atoms with van der Waals surface area (Å²) in [4.78, 5) is 12.1. The number of ether oxygens (including phenoxy) is 1. The van der Waals surface area contributed by atoms with E-state index in [1.165, 1.54) is 5.56 Å². The Kier molecular flexibility index (Phi) is 4.72. The molecule has 2 aromatic carbocycles. The van der Waals surface area contributed by atoms with Crippen LogP contribution in [0.5, 0.6) is 5.75 Å². The second kappa shape index (κ2) is 6.70. The lowest BCUT2D eigenvalue weighted by Crippen LogP contribution is -2.18. The van der Waals surface area contributed by atoms with Crippen LogP contribution in [0.1, 0.15) is 27.0 Å². The molecule has 4 heteroatoms. The zero-order chi connectivity index (χ0) is 15.2. The molecule has 0 radical (unpaired) electrons. The second-order valence-electron chi connectivity index (χ2n) is 4.81. The highest BCUT2D eigenvalue weighted by Crippen LogP contribution is 2.19. The van der Waals surface area contributed by atoms with Crippen LogP contribution >= 0.6 is 0 Å². The first-order valence-electron chi connectivity index (χ1n) is 6.65. The minimum Gasteiger partial charge on any atom is -0.496 e. The molecule has 2 aromatic rings. The van der Waals surface area contributed by atoms with Crippen LogP contribution in [-0.4, -0.2) is 19.2 Å². The SMILES string of the molecule is COc1cc(C)ccc1C(=O)N/N=C\c1ccc(C)cc1. The fraction of sp³-hybridized carbons (Fsp3) is 0.176. The van der Waals surface area contributed by atoms with E-state index in [1.54, 1.807) is 19.4 Å². The lowest BCUT2D eigenvalue weighted by Gasteiger charge is -2.07. The highest BCUT2D eigenvalue weighted by atomic mass is 16.5. The maximum atomic E-state index is 12.1. The van der Waals surface area contributed by atoms with E-state index in [-0.39, 0.29) is 5.91 Å². The average molecular weight is 282 g/mol. The Morgan fingerprint density at radius 3 is 2.43 bits per heavy atom. The third kappa shape index (κ3) is 3.92. The Bertz CT molecular complexity index is 661. The minimum atomic E-state index is -0.296. The third-order valence-electron chi connectivity index (χ3n) is 3.06. The lowest BCUT2D eigenvalue weighted by molar-refractivity contribution is 0.0952. The lowest BCUT2D eigenvalue weighted by atomic mass is 10.1. The first-order chi connectivity index (χ1) is 10.1. The van der Waals surface area contributed by atoms with E-state index in [2.05, 4.69) is 10.5 Å². The zero-order valence-electron chi connectivity index (χ0n) is 12.4. The number of benzene rings is 2. The van der Waals surface area contributed by atoms with Crippen molar-refractivity contribution in [2.75, 3.05) is 7.11 Å². The van der Waals surface area contributed by atoms with E-state index >= 15 is 0 Å². The molecule has 2 rings (SSSR count). The summed E-state index contributed by atoms with van der Waals surface area (Å²) in [5, 5.41) is 3.97. The van der Waals surface area contributed by atoms with Gasteiger partial charge in [-0.1, -0.05) is 35.9 Å². The number of methoxy groups -OCH3 is 1. The summed E-state index contributed by atoms with van der Waals surface area (Å²) in [6.07, 6.45) is 1.61. The van der Waals surface area contributed by atoms with E-state index in [4.69, 9.17) is 4.74 Å². The van der Waals surface area contributed by atoms with Gasteiger partial charge in [0.25, 0.3) is 5.91 Å². The van der Waals surface area contributed by atoms with E-state index in [0.717, 1.165) is 11.1 Å². The van der Waals surface area contributed by atoms with Gasteiger partial charge >= 0.3 is 0 Å². The number of nitrogens with one attached hydrogen (secondary N) is 1. The van der Waals surface area contributed by atoms with E-state index in [1.807, 2.05) is 50.2 Å². The minimum absolute atomic E-state index is 0.296. The number of rotatable bonds is 4. The van der Waals surface area contributed by atoms with Crippen LogP contribution in [0.25, 0.3) is 0 Å². The van der Waals surface area contributed by atoms with Crippen molar-refractivity contribution in [1.29, 1.82) is 0 Å². The topological polar surface area (TPSA) is 50.7 Å². The van der Waals surface area contributed by atoms with Crippen LogP contribution in [0.4, 0.5) is 0 Å². The summed E-state index contributed by atoms with van der Waals surface area (Å²) >= 11 is 0. The van der Waals surface area contributed by atoms with Crippen molar-refractivity contribution < 1.29 is 9.53 Å². The summed E-state index contributed by atoms with van der Waals surface area (Å²) in [5.74, 6) is 0.244. The second-order valence-corrected chi connectivity index (χ2v) is 4.81. The van der Waals surface area contributed by atoms with Gasteiger partial charge in [0.2, 0.25) is 0 Å². The molecule has 0 atom stereocenters. The summed E-state index contributed by atoms with van der Waals surface area (Å²) < 4.78 is 5.21. The Hall–Kier alpha value is -2.62. The van der Waals surface area contributed by atoms with Gasteiger partial charge in [-0.15, -0.1) is 0 Å². The number of hydrogen-bond acceptors (Lipinski definition) is 3. The molecule has 0 spiro atoms. The van der Waals surface area contributed by atoms with Crippen molar-refractivity contribution in [1.82, 2.24) is 5.43 Å². The van der Waals surface area contributed by atoms with Crippen molar-refractivity contribution >= 4 is 12.1 Å². The summed E-state index contributed by atoms with van der Waals surface area (Å²) in [5.41, 5.74) is 6.11. The molecule has 0 aliphatic carbocycles. The summed E-state index contributed by atoms with van der Waals surface area (Å²) in [7, 11) is 1.54. The normalized spacial score (nSPS) is 10.6. The van der Waals surface area contributed by atoms with E-state index < -0.39 is 0 Å². The van der Waals surface area contributed by atoms with Crippen molar-refractivity contribution in [3.05, 3.63) is 64.7 Å². The highest BCUT2D eigenvalue weighted by Gasteiger charge is 2.11. The van der Waals surface area contributed by atoms with Crippen LogP contribution in [0.2, 0.25) is 0 Å². The number of hydrogen-bond donors (Lipinski definition) is 1. The van der Waals surface area contributed by atoms with Gasteiger partial charge in [0.15, 0.2) is 0 Å². The van der Waals surface area contributed by atoms with Gasteiger partial charge in [-0.3, -0.25) is 4.79 Å². The first kappa shape index (κ1) is 14.8. The molecular formula is C17H18N2O2. The first-order valence-corrected chi connectivity index (χ1v) is 6.65. The summed E-state index contributed by atoms with van der Waals surface area (Å²) in [6, 6.07) is 13.3. The van der Waals surface area contributed by atoms with Crippen molar-refractivity contribution in [2.45, 2.75) is 13.8 Å². The number of aryl methyl sites for hydroxylation is 2. The number of nitrogens with zero attached hydrogens (tertiary/aromatic N) is 1. The monoisotopic (exact) mass is 282 g/mol. The quantitative estimate of drug-likeness (QED) is 0.692. The zero-order valence-corrected chi connectivity index (χ0v) is 12.4. The molecule has 0 bridgehead atoms. The van der Waals surface area contributed by atoms with Gasteiger partial charge in [-0.05, 0) is 37.1 Å².